The van der Waals surface area contributed by atoms with Gasteiger partial charge in [-0.1, -0.05) is 41.9 Å². The molecule has 2 N–H and O–H groups in total. The Labute approximate surface area is 220 Å². The van der Waals surface area contributed by atoms with Gasteiger partial charge in [0.25, 0.3) is 5.91 Å². The van der Waals surface area contributed by atoms with Crippen LogP contribution >= 0.6 is 11.6 Å². The number of aromatic nitrogens is 4. The molecule has 0 saturated heterocycles. The van der Waals surface area contributed by atoms with Gasteiger partial charge in [-0.05, 0) is 55.8 Å². The summed E-state index contributed by atoms with van der Waals surface area (Å²) in [5.74, 6) is 0.0938. The minimum Gasteiger partial charge on any atom is -0.325 e. The van der Waals surface area contributed by atoms with Gasteiger partial charge in [-0.3, -0.25) is 9.36 Å². The summed E-state index contributed by atoms with van der Waals surface area (Å²) in [6, 6.07) is 17.1. The molecule has 11 heteroatoms. The van der Waals surface area contributed by atoms with Gasteiger partial charge in [-0.25, -0.2) is 15.0 Å². The van der Waals surface area contributed by atoms with Crippen LogP contribution in [0.2, 0.25) is 5.15 Å². The zero-order valence-corrected chi connectivity index (χ0v) is 20.9. The maximum absolute atomic E-state index is 13.4. The van der Waals surface area contributed by atoms with Crippen molar-refractivity contribution in [3.8, 4) is 5.82 Å². The summed E-state index contributed by atoms with van der Waals surface area (Å²) in [4.78, 5) is 25.9. The van der Waals surface area contributed by atoms with Crippen LogP contribution in [0.15, 0.2) is 73.1 Å². The van der Waals surface area contributed by atoms with Crippen LogP contribution in [0.25, 0.3) is 16.9 Å². The van der Waals surface area contributed by atoms with Crippen molar-refractivity contribution in [1.29, 1.82) is 0 Å². The van der Waals surface area contributed by atoms with Crippen molar-refractivity contribution < 1.29 is 18.0 Å². The molecule has 5 rings (SSSR count). The number of carbonyl (C=O) groups excluding carboxylic acids is 1. The van der Waals surface area contributed by atoms with E-state index in [1.54, 1.807) is 25.1 Å². The number of carbonyl (C=O) groups is 1. The highest BCUT2D eigenvalue weighted by Crippen LogP contribution is 2.33. The first-order chi connectivity index (χ1) is 18.1. The van der Waals surface area contributed by atoms with E-state index in [4.69, 9.17) is 16.6 Å². The molecule has 0 unspecified atom stereocenters. The Hall–Kier alpha value is -4.44. The number of halogens is 4. The summed E-state index contributed by atoms with van der Waals surface area (Å²) in [5.41, 5.74) is 2.37. The molecule has 0 aliphatic heterocycles. The number of amides is 1. The highest BCUT2D eigenvalue weighted by Gasteiger charge is 2.34. The quantitative estimate of drug-likeness (QED) is 0.234. The number of imidazole rings is 1. The number of aryl methyl sites for hydroxylation is 1. The topological polar surface area (TPSA) is 84.7 Å². The lowest BCUT2D eigenvalue weighted by molar-refractivity contribution is -0.137. The summed E-state index contributed by atoms with van der Waals surface area (Å²) in [6.07, 6.45) is -3.29. The molecule has 38 heavy (non-hydrogen) atoms. The zero-order chi connectivity index (χ0) is 27.0. The highest BCUT2D eigenvalue weighted by molar-refractivity contribution is 6.30. The number of para-hydroxylation sites is 2. The summed E-state index contributed by atoms with van der Waals surface area (Å²) >= 11 is 6.26. The van der Waals surface area contributed by atoms with Crippen LogP contribution in [0.1, 0.15) is 27.0 Å². The standard InChI is InChI=1S/C27H20ClF3N6O/c1-15-11-12-17(34-25(38)18-7-3-4-8-19(18)27(29,30)31)13-21(15)36-26-35-20-9-5-6-10-22(20)37(26)24-16(2)23(28)32-14-33-24/h3-14H,1-2H3,(H,34,38)(H,35,36). The van der Waals surface area contributed by atoms with Gasteiger partial charge in [0.2, 0.25) is 5.95 Å². The first kappa shape index (κ1) is 25.2. The third-order valence-corrected chi connectivity index (χ3v) is 6.37. The van der Waals surface area contributed by atoms with Gasteiger partial charge in [0.15, 0.2) is 0 Å². The zero-order valence-electron chi connectivity index (χ0n) is 20.1. The van der Waals surface area contributed by atoms with E-state index in [-0.39, 0.29) is 0 Å². The molecule has 0 fully saturated rings. The molecule has 0 aliphatic rings. The molecule has 2 aromatic heterocycles. The lowest BCUT2D eigenvalue weighted by Crippen LogP contribution is -2.18. The Morgan fingerprint density at radius 2 is 1.71 bits per heavy atom. The maximum atomic E-state index is 13.4. The number of nitrogens with zero attached hydrogens (tertiary/aromatic N) is 4. The number of nitrogens with one attached hydrogen (secondary N) is 2. The number of fused-ring (bicyclic) bond motifs is 1. The summed E-state index contributed by atoms with van der Waals surface area (Å²) in [7, 11) is 0. The van der Waals surface area contributed by atoms with E-state index in [9.17, 15) is 18.0 Å². The van der Waals surface area contributed by atoms with E-state index in [2.05, 4.69) is 20.6 Å². The second-order valence-electron chi connectivity index (χ2n) is 8.52. The Morgan fingerprint density at radius 1 is 0.974 bits per heavy atom. The average molecular weight is 537 g/mol. The second kappa shape index (κ2) is 9.79. The molecule has 3 aromatic carbocycles. The van der Waals surface area contributed by atoms with Crippen LogP contribution in [0.3, 0.4) is 0 Å². The molecule has 192 valence electrons. The molecule has 0 aliphatic carbocycles. The number of rotatable bonds is 5. The van der Waals surface area contributed by atoms with Crippen molar-refractivity contribution in [2.24, 2.45) is 0 Å². The third kappa shape index (κ3) is 4.78. The van der Waals surface area contributed by atoms with Crippen molar-refractivity contribution in [2.75, 3.05) is 10.6 Å². The minimum absolute atomic E-state index is 0.304. The molecule has 2 heterocycles. The average Bonchev–Trinajstić information content (AvgIpc) is 3.25. The Kier molecular flexibility index (Phi) is 6.50. The Balaban J connectivity index is 1.52. The van der Waals surface area contributed by atoms with E-state index >= 15 is 0 Å². The monoisotopic (exact) mass is 536 g/mol. The van der Waals surface area contributed by atoms with Crippen molar-refractivity contribution in [3.63, 3.8) is 0 Å². The molecule has 7 nitrogen and oxygen atoms in total. The fraction of sp³-hybridized carbons (Fsp3) is 0.111. The molecule has 5 aromatic rings. The van der Waals surface area contributed by atoms with Crippen LogP contribution in [0.5, 0.6) is 0 Å². The first-order valence-electron chi connectivity index (χ1n) is 11.4. The number of anilines is 3. The third-order valence-electron chi connectivity index (χ3n) is 5.99. The van der Waals surface area contributed by atoms with Crippen molar-refractivity contribution in [1.82, 2.24) is 19.5 Å². The normalized spacial score (nSPS) is 11.5. The van der Waals surface area contributed by atoms with Gasteiger partial charge in [0.1, 0.15) is 17.3 Å². The van der Waals surface area contributed by atoms with Crippen LogP contribution in [-0.2, 0) is 6.18 Å². The maximum Gasteiger partial charge on any atom is 0.417 e. The number of alkyl halides is 3. The molecule has 0 saturated carbocycles. The van der Waals surface area contributed by atoms with E-state index in [0.29, 0.717) is 39.4 Å². The van der Waals surface area contributed by atoms with Gasteiger partial charge in [-0.15, -0.1) is 0 Å². The first-order valence-corrected chi connectivity index (χ1v) is 11.8. The summed E-state index contributed by atoms with van der Waals surface area (Å²) in [6.45, 7) is 3.66. The fourth-order valence-corrected chi connectivity index (χ4v) is 4.18. The van der Waals surface area contributed by atoms with E-state index in [1.807, 2.05) is 35.8 Å². The van der Waals surface area contributed by atoms with Gasteiger partial charge in [0, 0.05) is 16.9 Å². The van der Waals surface area contributed by atoms with E-state index in [1.165, 1.54) is 18.5 Å². The van der Waals surface area contributed by atoms with Crippen LogP contribution < -0.4 is 10.6 Å². The SMILES string of the molecule is Cc1ccc(NC(=O)c2ccccc2C(F)(F)F)cc1Nc1nc2ccccc2n1-c1ncnc(Cl)c1C. The van der Waals surface area contributed by atoms with Gasteiger partial charge < -0.3 is 10.6 Å². The molecule has 1 amide bonds. The fourth-order valence-electron chi connectivity index (χ4n) is 4.05. The molecule has 0 bridgehead atoms. The largest absolute Gasteiger partial charge is 0.417 e. The lowest BCUT2D eigenvalue weighted by atomic mass is 10.1. The molecular weight excluding hydrogens is 517 g/mol. The van der Waals surface area contributed by atoms with Gasteiger partial charge >= 0.3 is 6.18 Å². The van der Waals surface area contributed by atoms with Crippen LogP contribution in [0, 0.1) is 13.8 Å². The van der Waals surface area contributed by atoms with Crippen molar-refractivity contribution in [2.45, 2.75) is 20.0 Å². The number of benzene rings is 3. The van der Waals surface area contributed by atoms with E-state index < -0.39 is 23.2 Å². The van der Waals surface area contributed by atoms with Crippen molar-refractivity contribution >= 4 is 45.9 Å². The van der Waals surface area contributed by atoms with Gasteiger partial charge in [0.05, 0.1) is 22.2 Å². The molecular formula is C27H20ClF3N6O. The second-order valence-corrected chi connectivity index (χ2v) is 8.88. The molecule has 0 atom stereocenters. The predicted molar refractivity (Wildman–Crippen MR) is 140 cm³/mol. The smallest absolute Gasteiger partial charge is 0.325 e. The Morgan fingerprint density at radius 3 is 2.50 bits per heavy atom. The minimum atomic E-state index is -4.66. The van der Waals surface area contributed by atoms with Gasteiger partial charge in [-0.2, -0.15) is 13.2 Å². The highest BCUT2D eigenvalue weighted by atomic mass is 35.5. The Bertz CT molecular complexity index is 1680. The lowest BCUT2D eigenvalue weighted by Gasteiger charge is -2.16. The molecule has 0 spiro atoms. The molecule has 0 radical (unpaired) electrons. The number of hydrogen-bond donors (Lipinski definition) is 2. The predicted octanol–water partition coefficient (Wildman–Crippen LogP) is 7.10. The van der Waals surface area contributed by atoms with Crippen LogP contribution in [0.4, 0.5) is 30.5 Å². The van der Waals surface area contributed by atoms with E-state index in [0.717, 1.165) is 23.2 Å². The number of hydrogen-bond acceptors (Lipinski definition) is 5. The summed E-state index contributed by atoms with van der Waals surface area (Å²) in [5, 5.41) is 6.16. The summed E-state index contributed by atoms with van der Waals surface area (Å²) < 4.78 is 42.0. The van der Waals surface area contributed by atoms with Crippen LogP contribution in [-0.4, -0.2) is 25.4 Å². The van der Waals surface area contributed by atoms with Crippen molar-refractivity contribution in [3.05, 3.63) is 100 Å².